The molecule has 0 spiro atoms. The number of fused-ring (bicyclic) bond motifs is 15. The molecule has 0 radical (unpaired) electrons. The number of para-hydroxylation sites is 2. The summed E-state index contributed by atoms with van der Waals surface area (Å²) in [7, 11) is 0. The van der Waals surface area contributed by atoms with Crippen LogP contribution in [0.4, 0.5) is 0 Å². The Bertz CT molecular complexity index is 3700. The van der Waals surface area contributed by atoms with Crippen molar-refractivity contribution in [2.75, 3.05) is 0 Å². The van der Waals surface area contributed by atoms with Crippen LogP contribution in [0.3, 0.4) is 0 Å². The summed E-state index contributed by atoms with van der Waals surface area (Å²) in [6.07, 6.45) is 0. The lowest BCUT2D eigenvalue weighted by atomic mass is 10.00. The smallest absolute Gasteiger partial charge is 0.236 e. The van der Waals surface area contributed by atoms with E-state index in [2.05, 4.69) is 179 Å². The summed E-state index contributed by atoms with van der Waals surface area (Å²) in [4.78, 5) is 12.0. The lowest BCUT2D eigenvalue weighted by molar-refractivity contribution is 1.02. The molecule has 0 aliphatic carbocycles. The molecule has 0 N–H and O–H groups in total. The maximum absolute atomic E-state index is 5.58. The van der Waals surface area contributed by atoms with Crippen molar-refractivity contribution in [1.29, 1.82) is 0 Å². The van der Waals surface area contributed by atoms with E-state index in [1.165, 1.54) is 80.9 Å². The number of thiophene rings is 1. The van der Waals surface area contributed by atoms with Gasteiger partial charge in [0.2, 0.25) is 5.95 Å². The summed E-state index contributed by atoms with van der Waals surface area (Å²) in [5, 5.41) is 12.2. The van der Waals surface area contributed by atoms with Crippen LogP contribution in [0, 0.1) is 0 Å². The Morgan fingerprint density at radius 1 is 0.400 bits per heavy atom. The van der Waals surface area contributed by atoms with Crippen LogP contribution in [0.1, 0.15) is 0 Å². The molecule has 5 aromatic heterocycles. The molecule has 0 amide bonds. The Hall–Kier alpha value is -7.08. The molecule has 13 rings (SSSR count). The number of benzene rings is 8. The van der Waals surface area contributed by atoms with Crippen molar-refractivity contribution < 1.29 is 0 Å². The first-order chi connectivity index (χ1) is 27.3. The highest BCUT2D eigenvalue weighted by Crippen LogP contribution is 2.48. The van der Waals surface area contributed by atoms with Gasteiger partial charge in [-0.25, -0.2) is 9.97 Å². The van der Waals surface area contributed by atoms with Crippen LogP contribution in [0.2, 0.25) is 0 Å². The fourth-order valence-corrected chi connectivity index (χ4v) is 10.4. The van der Waals surface area contributed by atoms with E-state index in [0.717, 1.165) is 32.5 Å². The molecule has 0 fully saturated rings. The molecule has 5 heteroatoms. The Morgan fingerprint density at radius 2 is 1.07 bits per heavy atom. The fraction of sp³-hybridized carbons (Fsp3) is 0. The summed E-state index contributed by atoms with van der Waals surface area (Å²) in [6, 6.07) is 61.4. The van der Waals surface area contributed by atoms with Crippen molar-refractivity contribution in [3.05, 3.63) is 170 Å². The van der Waals surface area contributed by atoms with Crippen molar-refractivity contribution in [3.63, 3.8) is 0 Å². The molecule has 0 aliphatic heterocycles. The van der Waals surface area contributed by atoms with Crippen LogP contribution < -0.4 is 0 Å². The Morgan fingerprint density at radius 3 is 1.93 bits per heavy atom. The lowest BCUT2D eigenvalue weighted by Gasteiger charge is -2.11. The average Bonchev–Trinajstić information content (AvgIpc) is 3.99. The molecule has 4 nitrogen and oxygen atoms in total. The molecular formula is C50H28N4S. The van der Waals surface area contributed by atoms with Gasteiger partial charge < -0.3 is 4.40 Å². The van der Waals surface area contributed by atoms with E-state index in [1.54, 1.807) is 11.3 Å². The van der Waals surface area contributed by atoms with E-state index in [1.807, 2.05) is 0 Å². The first-order valence-electron chi connectivity index (χ1n) is 18.7. The Labute approximate surface area is 318 Å². The van der Waals surface area contributed by atoms with Crippen LogP contribution in [0.5, 0.6) is 0 Å². The Kier molecular flexibility index (Phi) is 5.74. The van der Waals surface area contributed by atoms with Gasteiger partial charge in [-0.1, -0.05) is 146 Å². The summed E-state index contributed by atoms with van der Waals surface area (Å²) in [5.74, 6) is 0.680. The van der Waals surface area contributed by atoms with Crippen molar-refractivity contribution >= 4 is 102 Å². The van der Waals surface area contributed by atoms with E-state index in [9.17, 15) is 0 Å². The average molecular weight is 717 g/mol. The van der Waals surface area contributed by atoms with E-state index < -0.39 is 0 Å². The van der Waals surface area contributed by atoms with Gasteiger partial charge in [0.1, 0.15) is 4.83 Å². The molecule has 0 saturated carbocycles. The fourth-order valence-electron chi connectivity index (χ4n) is 9.35. The van der Waals surface area contributed by atoms with Crippen molar-refractivity contribution in [2.45, 2.75) is 0 Å². The quantitative estimate of drug-likeness (QED) is 0.182. The maximum Gasteiger partial charge on any atom is 0.236 e. The molecule has 13 aromatic rings. The van der Waals surface area contributed by atoms with Crippen LogP contribution >= 0.6 is 11.3 Å². The molecule has 254 valence electrons. The number of aromatic nitrogens is 4. The van der Waals surface area contributed by atoms with E-state index in [0.29, 0.717) is 5.95 Å². The molecule has 0 aliphatic rings. The minimum atomic E-state index is 0.680. The number of hydrogen-bond donors (Lipinski definition) is 0. The van der Waals surface area contributed by atoms with Gasteiger partial charge in [-0.05, 0) is 40.8 Å². The molecule has 0 atom stereocenters. The summed E-state index contributed by atoms with van der Waals surface area (Å²) >= 11 is 1.74. The molecule has 5 heterocycles. The minimum Gasteiger partial charge on any atom is -0.307 e. The maximum atomic E-state index is 5.58. The van der Waals surface area contributed by atoms with Crippen LogP contribution in [0.25, 0.3) is 119 Å². The van der Waals surface area contributed by atoms with Crippen molar-refractivity contribution in [1.82, 2.24) is 18.9 Å². The third-order valence-corrected chi connectivity index (χ3v) is 12.7. The highest BCUT2D eigenvalue weighted by molar-refractivity contribution is 7.25. The van der Waals surface area contributed by atoms with Gasteiger partial charge in [0.25, 0.3) is 0 Å². The molecular weight excluding hydrogens is 689 g/mol. The predicted octanol–water partition coefficient (Wildman–Crippen LogP) is 13.6. The third kappa shape index (κ3) is 3.89. The Balaban J connectivity index is 1.18. The van der Waals surface area contributed by atoms with E-state index in [4.69, 9.17) is 9.97 Å². The van der Waals surface area contributed by atoms with Crippen LogP contribution in [0.15, 0.2) is 170 Å². The van der Waals surface area contributed by atoms with Gasteiger partial charge in [0.05, 0.1) is 33.3 Å². The second kappa shape index (κ2) is 10.8. The zero-order valence-corrected chi connectivity index (χ0v) is 30.2. The van der Waals surface area contributed by atoms with Gasteiger partial charge in [-0.2, -0.15) is 0 Å². The topological polar surface area (TPSA) is 35.1 Å². The van der Waals surface area contributed by atoms with Gasteiger partial charge in [-0.15, -0.1) is 11.3 Å². The third-order valence-electron chi connectivity index (χ3n) is 11.7. The molecule has 0 unspecified atom stereocenters. The highest BCUT2D eigenvalue weighted by atomic mass is 32.1. The largest absolute Gasteiger partial charge is 0.307 e. The van der Waals surface area contributed by atoms with Gasteiger partial charge in [0.15, 0.2) is 0 Å². The van der Waals surface area contributed by atoms with Crippen molar-refractivity contribution in [2.24, 2.45) is 0 Å². The second-order valence-electron chi connectivity index (χ2n) is 14.5. The SMILES string of the molecule is c1ccc(-c2ccc(-c3nc(-n4c5ccccc5c5c6c7ccc8ccccc8c7n7c8ccccc8c(cc54)c67)nc4sc5ccccc5c34)cc2)cc1. The number of nitrogens with zero attached hydrogens (tertiary/aromatic N) is 4. The van der Waals surface area contributed by atoms with Crippen LogP contribution in [-0.2, 0) is 0 Å². The minimum absolute atomic E-state index is 0.680. The monoisotopic (exact) mass is 716 g/mol. The van der Waals surface area contributed by atoms with Crippen LogP contribution in [-0.4, -0.2) is 18.9 Å². The first kappa shape index (κ1) is 29.4. The molecule has 0 saturated heterocycles. The summed E-state index contributed by atoms with van der Waals surface area (Å²) in [6.45, 7) is 0. The van der Waals surface area contributed by atoms with Gasteiger partial charge in [-0.3, -0.25) is 4.57 Å². The first-order valence-corrected chi connectivity index (χ1v) is 19.5. The standard InChI is InChI=1S/C50H28N4S/c1-2-12-29(13-3-1)30-22-24-32(25-23-30)46-45-36-18-8-11-21-42(36)55-49(45)52-50(51-46)53-40-20-10-7-17-35(40)43-41(53)28-38-34-16-6-9-19-39(34)54-47-33-15-5-4-14-31(33)26-27-37(47)44(43)48(38)54/h1-28H. The lowest BCUT2D eigenvalue weighted by Crippen LogP contribution is -2.02. The molecule has 0 bridgehead atoms. The zero-order valence-electron chi connectivity index (χ0n) is 29.4. The van der Waals surface area contributed by atoms with E-state index >= 15 is 0 Å². The van der Waals surface area contributed by atoms with Gasteiger partial charge >= 0.3 is 0 Å². The molecule has 8 aromatic carbocycles. The number of hydrogen-bond acceptors (Lipinski definition) is 3. The summed E-state index contributed by atoms with van der Waals surface area (Å²) < 4.78 is 6.04. The van der Waals surface area contributed by atoms with Crippen molar-refractivity contribution in [3.8, 4) is 28.3 Å². The van der Waals surface area contributed by atoms with Gasteiger partial charge in [0, 0.05) is 58.7 Å². The summed E-state index contributed by atoms with van der Waals surface area (Å²) in [5.41, 5.74) is 10.4. The molecule has 55 heavy (non-hydrogen) atoms. The number of rotatable bonds is 3. The zero-order chi connectivity index (χ0) is 35.8. The second-order valence-corrected chi connectivity index (χ2v) is 15.6. The van der Waals surface area contributed by atoms with E-state index in [-0.39, 0.29) is 0 Å². The highest BCUT2D eigenvalue weighted by Gasteiger charge is 2.26. The predicted molar refractivity (Wildman–Crippen MR) is 232 cm³/mol. The normalized spacial score (nSPS) is 12.4.